The summed E-state index contributed by atoms with van der Waals surface area (Å²) in [4.78, 5) is 14.0. The molecular formula is C17H13F3N4OS. The zero-order valence-electron chi connectivity index (χ0n) is 13.3. The van der Waals surface area contributed by atoms with E-state index in [1.807, 2.05) is 18.2 Å². The fraction of sp³-hybridized carbons (Fsp3) is 0.118. The Hall–Kier alpha value is -2.81. The van der Waals surface area contributed by atoms with E-state index in [1.165, 1.54) is 23.1 Å². The number of alkyl halides is 3. The van der Waals surface area contributed by atoms with Crippen molar-refractivity contribution in [1.82, 2.24) is 15.0 Å². The van der Waals surface area contributed by atoms with Crippen molar-refractivity contribution in [2.75, 3.05) is 11.1 Å². The third kappa shape index (κ3) is 4.63. The van der Waals surface area contributed by atoms with E-state index in [1.54, 1.807) is 24.3 Å². The summed E-state index contributed by atoms with van der Waals surface area (Å²) in [6, 6.07) is 15.3. The number of anilines is 1. The zero-order chi connectivity index (χ0) is 18.6. The van der Waals surface area contributed by atoms with Gasteiger partial charge in [-0.05, 0) is 24.3 Å². The molecule has 0 atom stereocenters. The summed E-state index contributed by atoms with van der Waals surface area (Å²) < 4.78 is 37.3. The van der Waals surface area contributed by atoms with Crippen LogP contribution in [0.3, 0.4) is 0 Å². The van der Waals surface area contributed by atoms with Crippen LogP contribution >= 0.6 is 11.8 Å². The van der Waals surface area contributed by atoms with E-state index < -0.39 is 17.8 Å². The summed E-state index contributed by atoms with van der Waals surface area (Å²) in [7, 11) is 0. The Kier molecular flexibility index (Phi) is 5.27. The number of carbonyl (C=O) groups excluding carboxylic acids is 1. The van der Waals surface area contributed by atoms with Gasteiger partial charge in [0.05, 0.1) is 23.3 Å². The SMILES string of the molecule is O=C(Nc1ccccc1SCC(F)(F)F)c1cnn(-c2ccccc2)n1. The molecule has 9 heteroatoms. The summed E-state index contributed by atoms with van der Waals surface area (Å²) >= 11 is 0.612. The van der Waals surface area contributed by atoms with Crippen LogP contribution in [0.2, 0.25) is 0 Å². The van der Waals surface area contributed by atoms with Crippen LogP contribution in [0.4, 0.5) is 18.9 Å². The molecule has 0 unspecified atom stereocenters. The number of aromatic nitrogens is 3. The smallest absolute Gasteiger partial charge is 0.320 e. The van der Waals surface area contributed by atoms with Gasteiger partial charge in [-0.2, -0.15) is 23.1 Å². The van der Waals surface area contributed by atoms with Crippen LogP contribution in [0.15, 0.2) is 65.7 Å². The molecule has 0 saturated carbocycles. The number of halogens is 3. The highest BCUT2D eigenvalue weighted by Gasteiger charge is 2.27. The zero-order valence-corrected chi connectivity index (χ0v) is 14.1. The Morgan fingerprint density at radius 3 is 2.50 bits per heavy atom. The highest BCUT2D eigenvalue weighted by Crippen LogP contribution is 2.32. The molecule has 134 valence electrons. The highest BCUT2D eigenvalue weighted by molar-refractivity contribution is 7.99. The second-order valence-electron chi connectivity index (χ2n) is 5.21. The van der Waals surface area contributed by atoms with Crippen molar-refractivity contribution in [3.63, 3.8) is 0 Å². The van der Waals surface area contributed by atoms with Crippen LogP contribution < -0.4 is 5.32 Å². The minimum atomic E-state index is -4.29. The molecule has 0 aliphatic carbocycles. The van der Waals surface area contributed by atoms with Gasteiger partial charge in [-0.1, -0.05) is 30.3 Å². The molecule has 3 aromatic rings. The quantitative estimate of drug-likeness (QED) is 0.677. The van der Waals surface area contributed by atoms with Gasteiger partial charge in [0, 0.05) is 4.90 Å². The lowest BCUT2D eigenvalue weighted by molar-refractivity contribution is -0.105. The van der Waals surface area contributed by atoms with Crippen LogP contribution in [0, 0.1) is 0 Å². The van der Waals surface area contributed by atoms with Crippen molar-refractivity contribution in [2.45, 2.75) is 11.1 Å². The molecule has 0 spiro atoms. The van der Waals surface area contributed by atoms with Gasteiger partial charge in [-0.15, -0.1) is 16.9 Å². The molecule has 3 rings (SSSR count). The average molecular weight is 378 g/mol. The van der Waals surface area contributed by atoms with Crippen LogP contribution in [-0.2, 0) is 0 Å². The topological polar surface area (TPSA) is 59.8 Å². The van der Waals surface area contributed by atoms with Crippen molar-refractivity contribution >= 4 is 23.4 Å². The number of carbonyl (C=O) groups is 1. The van der Waals surface area contributed by atoms with Gasteiger partial charge in [-0.25, -0.2) is 0 Å². The van der Waals surface area contributed by atoms with Gasteiger partial charge in [-0.3, -0.25) is 4.79 Å². The molecule has 1 N–H and O–H groups in total. The van der Waals surface area contributed by atoms with Crippen LogP contribution in [0.1, 0.15) is 10.5 Å². The second-order valence-corrected chi connectivity index (χ2v) is 6.23. The fourth-order valence-electron chi connectivity index (χ4n) is 2.09. The third-order valence-electron chi connectivity index (χ3n) is 3.24. The standard InChI is InChI=1S/C17H13F3N4OS/c18-17(19,20)11-26-15-9-5-4-8-13(15)22-16(25)14-10-21-24(23-14)12-6-2-1-3-7-12/h1-10H,11H2,(H,22,25). The Morgan fingerprint density at radius 2 is 1.77 bits per heavy atom. The number of thioether (sulfide) groups is 1. The predicted octanol–water partition coefficient (Wildman–Crippen LogP) is 4.17. The Balaban J connectivity index is 1.74. The molecule has 2 aromatic carbocycles. The summed E-state index contributed by atoms with van der Waals surface area (Å²) in [5.74, 6) is -1.59. The van der Waals surface area contributed by atoms with E-state index in [0.29, 0.717) is 28.0 Å². The van der Waals surface area contributed by atoms with E-state index in [-0.39, 0.29) is 5.69 Å². The first-order valence-electron chi connectivity index (χ1n) is 7.50. The second kappa shape index (κ2) is 7.61. The molecule has 1 heterocycles. The van der Waals surface area contributed by atoms with Crippen molar-refractivity contribution in [3.05, 3.63) is 66.5 Å². The van der Waals surface area contributed by atoms with Crippen molar-refractivity contribution in [2.24, 2.45) is 0 Å². The minimum absolute atomic E-state index is 0.0597. The number of hydrogen-bond donors (Lipinski definition) is 1. The van der Waals surface area contributed by atoms with E-state index in [9.17, 15) is 18.0 Å². The number of nitrogens with one attached hydrogen (secondary N) is 1. The molecule has 26 heavy (non-hydrogen) atoms. The summed E-state index contributed by atoms with van der Waals surface area (Å²) in [5, 5.41) is 10.7. The summed E-state index contributed by atoms with van der Waals surface area (Å²) in [6.45, 7) is 0. The minimum Gasteiger partial charge on any atom is -0.320 e. The van der Waals surface area contributed by atoms with E-state index >= 15 is 0 Å². The first-order chi connectivity index (χ1) is 12.4. The highest BCUT2D eigenvalue weighted by atomic mass is 32.2. The molecule has 0 saturated heterocycles. The summed E-state index contributed by atoms with van der Waals surface area (Å²) in [5.41, 5.74) is 1.04. The largest absolute Gasteiger partial charge is 0.398 e. The molecule has 0 aliphatic rings. The predicted molar refractivity (Wildman–Crippen MR) is 92.5 cm³/mol. The van der Waals surface area contributed by atoms with Crippen molar-refractivity contribution in [3.8, 4) is 5.69 Å². The normalized spacial score (nSPS) is 11.3. The van der Waals surface area contributed by atoms with E-state index in [4.69, 9.17) is 0 Å². The molecule has 1 amide bonds. The van der Waals surface area contributed by atoms with E-state index in [0.717, 1.165) is 0 Å². The Labute approximate surface area is 151 Å². The maximum absolute atomic E-state index is 12.4. The lowest BCUT2D eigenvalue weighted by Crippen LogP contribution is -2.15. The average Bonchev–Trinajstić information content (AvgIpc) is 3.11. The van der Waals surface area contributed by atoms with Crippen LogP contribution in [0.25, 0.3) is 5.69 Å². The maximum atomic E-state index is 12.4. The molecular weight excluding hydrogens is 365 g/mol. The summed E-state index contributed by atoms with van der Waals surface area (Å²) in [6.07, 6.45) is -2.99. The number of amides is 1. The molecule has 0 fully saturated rings. The number of rotatable bonds is 5. The first kappa shape index (κ1) is 18.0. The molecule has 0 aliphatic heterocycles. The maximum Gasteiger partial charge on any atom is 0.398 e. The molecule has 0 radical (unpaired) electrons. The Bertz CT molecular complexity index is 896. The van der Waals surface area contributed by atoms with Gasteiger partial charge in [0.1, 0.15) is 0 Å². The number of benzene rings is 2. The lowest BCUT2D eigenvalue weighted by Gasteiger charge is -2.11. The van der Waals surface area contributed by atoms with Crippen LogP contribution in [-0.4, -0.2) is 32.8 Å². The monoisotopic (exact) mass is 378 g/mol. The van der Waals surface area contributed by atoms with Gasteiger partial charge < -0.3 is 5.32 Å². The van der Waals surface area contributed by atoms with Gasteiger partial charge >= 0.3 is 6.18 Å². The third-order valence-corrected chi connectivity index (χ3v) is 4.38. The lowest BCUT2D eigenvalue weighted by atomic mass is 10.3. The number of para-hydroxylation sites is 2. The van der Waals surface area contributed by atoms with Gasteiger partial charge in [0.2, 0.25) is 0 Å². The van der Waals surface area contributed by atoms with Gasteiger partial charge in [0.15, 0.2) is 5.69 Å². The Morgan fingerprint density at radius 1 is 1.08 bits per heavy atom. The molecule has 1 aromatic heterocycles. The van der Waals surface area contributed by atoms with Crippen molar-refractivity contribution in [1.29, 1.82) is 0 Å². The van der Waals surface area contributed by atoms with Gasteiger partial charge in [0.25, 0.3) is 5.91 Å². The first-order valence-corrected chi connectivity index (χ1v) is 8.49. The van der Waals surface area contributed by atoms with Crippen molar-refractivity contribution < 1.29 is 18.0 Å². The van der Waals surface area contributed by atoms with Crippen LogP contribution in [0.5, 0.6) is 0 Å². The fourth-order valence-corrected chi connectivity index (χ4v) is 2.86. The number of nitrogens with zero attached hydrogens (tertiary/aromatic N) is 3. The number of hydrogen-bond acceptors (Lipinski definition) is 4. The molecule has 5 nitrogen and oxygen atoms in total. The molecule has 0 bridgehead atoms. The van der Waals surface area contributed by atoms with E-state index in [2.05, 4.69) is 15.5 Å².